The number of thioether (sulfide) groups is 1. The van der Waals surface area contributed by atoms with Crippen LogP contribution in [0, 0.1) is 0 Å². The predicted molar refractivity (Wildman–Crippen MR) is 179 cm³/mol. The van der Waals surface area contributed by atoms with Crippen molar-refractivity contribution in [1.29, 1.82) is 0 Å². The molecule has 1 atom stereocenters. The van der Waals surface area contributed by atoms with Crippen LogP contribution in [0.5, 0.6) is 5.75 Å². The van der Waals surface area contributed by atoms with Crippen LogP contribution in [0.15, 0.2) is 108 Å². The molecule has 3 amide bonds. The van der Waals surface area contributed by atoms with E-state index in [1.807, 2.05) is 42.5 Å². The van der Waals surface area contributed by atoms with Crippen LogP contribution in [-0.4, -0.2) is 30.1 Å². The Kier molecular flexibility index (Phi) is 11.2. The summed E-state index contributed by atoms with van der Waals surface area (Å²) in [5.41, 5.74) is 3.54. The maximum atomic E-state index is 13.4. The highest BCUT2D eigenvalue weighted by molar-refractivity contribution is 8.00. The average Bonchev–Trinajstić information content (AvgIpc) is 3.02. The molecule has 7 nitrogen and oxygen atoms in total. The van der Waals surface area contributed by atoms with Gasteiger partial charge in [-0.05, 0) is 84.6 Å². The highest BCUT2D eigenvalue weighted by Crippen LogP contribution is 2.30. The first kappa shape index (κ1) is 32.4. The summed E-state index contributed by atoms with van der Waals surface area (Å²) < 4.78 is 5.31. The largest absolute Gasteiger partial charge is 0.495 e. The smallest absolute Gasteiger partial charge is 0.272 e. The summed E-state index contributed by atoms with van der Waals surface area (Å²) in [5.74, 6) is -0.177. The number of carbonyl (C=O) groups is 3. The predicted octanol–water partition coefficient (Wildman–Crippen LogP) is 8.00. The molecule has 0 aliphatic rings. The molecular weight excluding hydrogens is 594 g/mol. The summed E-state index contributed by atoms with van der Waals surface area (Å²) in [4.78, 5) is 40.0. The van der Waals surface area contributed by atoms with Crippen molar-refractivity contribution in [3.63, 3.8) is 0 Å². The van der Waals surface area contributed by atoms with Crippen molar-refractivity contribution < 1.29 is 19.1 Å². The van der Waals surface area contributed by atoms with E-state index < -0.39 is 11.2 Å². The molecule has 226 valence electrons. The minimum atomic E-state index is -0.467. The summed E-state index contributed by atoms with van der Waals surface area (Å²) >= 11 is 7.45. The SMILES string of the molecule is COc1ccc(Cl)cc1NC(=O)C(C)Sc1ccc(NC(=O)/C(=C/c2ccc(C(C)C)cc2)NC(=O)c2ccccc2)cc1. The molecule has 1 unspecified atom stereocenters. The van der Waals surface area contributed by atoms with Gasteiger partial charge in [0, 0.05) is 21.2 Å². The third-order valence-corrected chi connectivity index (χ3v) is 8.00. The van der Waals surface area contributed by atoms with Crippen molar-refractivity contribution in [1.82, 2.24) is 5.32 Å². The second-order valence-electron chi connectivity index (χ2n) is 10.3. The average molecular weight is 628 g/mol. The number of nitrogens with one attached hydrogen (secondary N) is 3. The highest BCUT2D eigenvalue weighted by atomic mass is 35.5. The number of rotatable bonds is 11. The van der Waals surface area contributed by atoms with E-state index in [9.17, 15) is 14.4 Å². The van der Waals surface area contributed by atoms with E-state index >= 15 is 0 Å². The lowest BCUT2D eigenvalue weighted by atomic mass is 10.0. The van der Waals surface area contributed by atoms with Crippen molar-refractivity contribution in [3.05, 3.63) is 124 Å². The van der Waals surface area contributed by atoms with E-state index in [0.717, 1.165) is 10.5 Å². The van der Waals surface area contributed by atoms with E-state index in [1.165, 1.54) is 24.4 Å². The molecule has 3 N–H and O–H groups in total. The van der Waals surface area contributed by atoms with Gasteiger partial charge in [-0.15, -0.1) is 11.8 Å². The highest BCUT2D eigenvalue weighted by Gasteiger charge is 2.18. The Morgan fingerprint density at radius 3 is 2.16 bits per heavy atom. The molecule has 44 heavy (non-hydrogen) atoms. The summed E-state index contributed by atoms with van der Waals surface area (Å²) in [6.45, 7) is 6.02. The first-order chi connectivity index (χ1) is 21.1. The Labute approximate surface area is 267 Å². The van der Waals surface area contributed by atoms with Gasteiger partial charge in [-0.2, -0.15) is 0 Å². The number of carbonyl (C=O) groups excluding carboxylic acids is 3. The van der Waals surface area contributed by atoms with Gasteiger partial charge in [-0.1, -0.05) is 67.9 Å². The Balaban J connectivity index is 1.45. The fourth-order valence-electron chi connectivity index (χ4n) is 4.17. The maximum absolute atomic E-state index is 13.4. The van der Waals surface area contributed by atoms with E-state index in [1.54, 1.807) is 67.6 Å². The van der Waals surface area contributed by atoms with E-state index in [4.69, 9.17) is 16.3 Å². The monoisotopic (exact) mass is 627 g/mol. The molecule has 0 fully saturated rings. The first-order valence-electron chi connectivity index (χ1n) is 14.0. The molecule has 4 aromatic rings. The number of halogens is 1. The second kappa shape index (κ2) is 15.3. The zero-order valence-corrected chi connectivity index (χ0v) is 26.5. The summed E-state index contributed by atoms with van der Waals surface area (Å²) in [6, 6.07) is 28.7. The van der Waals surface area contributed by atoms with Gasteiger partial charge >= 0.3 is 0 Å². The number of anilines is 2. The minimum Gasteiger partial charge on any atom is -0.495 e. The third kappa shape index (κ3) is 8.99. The van der Waals surface area contributed by atoms with Crippen LogP contribution in [-0.2, 0) is 9.59 Å². The van der Waals surface area contributed by atoms with Gasteiger partial charge in [-0.25, -0.2) is 0 Å². The van der Waals surface area contributed by atoms with Gasteiger partial charge in [0.2, 0.25) is 5.91 Å². The Bertz CT molecular complexity index is 1640. The third-order valence-electron chi connectivity index (χ3n) is 6.66. The standard InChI is InChI=1S/C35H34ClN3O4S/c1-22(2)25-12-10-24(11-13-25)20-31(39-34(41)26-8-6-5-7-9-26)35(42)37-28-15-17-29(18-16-28)44-23(3)33(40)38-30-21-27(36)14-19-32(30)43-4/h5-23H,1-4H3,(H,37,42)(H,38,40)(H,39,41)/b31-20-. The van der Waals surface area contributed by atoms with Crippen LogP contribution in [0.1, 0.15) is 48.2 Å². The molecule has 0 heterocycles. The molecule has 0 saturated heterocycles. The lowest BCUT2D eigenvalue weighted by Gasteiger charge is -2.15. The van der Waals surface area contributed by atoms with Gasteiger partial charge in [0.1, 0.15) is 11.4 Å². The van der Waals surface area contributed by atoms with Gasteiger partial charge in [0.25, 0.3) is 11.8 Å². The zero-order valence-electron chi connectivity index (χ0n) is 24.9. The fourth-order valence-corrected chi connectivity index (χ4v) is 5.21. The van der Waals surface area contributed by atoms with Crippen molar-refractivity contribution in [2.45, 2.75) is 36.8 Å². The van der Waals surface area contributed by atoms with E-state index in [0.29, 0.717) is 33.6 Å². The van der Waals surface area contributed by atoms with Crippen molar-refractivity contribution in [2.75, 3.05) is 17.7 Å². The van der Waals surface area contributed by atoms with Crippen LogP contribution in [0.3, 0.4) is 0 Å². The van der Waals surface area contributed by atoms with Gasteiger partial charge in [0.15, 0.2) is 0 Å². The molecule has 0 saturated carbocycles. The van der Waals surface area contributed by atoms with Crippen LogP contribution in [0.25, 0.3) is 6.08 Å². The lowest BCUT2D eigenvalue weighted by Crippen LogP contribution is -2.30. The van der Waals surface area contributed by atoms with Crippen molar-refractivity contribution in [2.24, 2.45) is 0 Å². The molecule has 0 spiro atoms. The molecule has 4 rings (SSSR count). The molecule has 0 radical (unpaired) electrons. The van der Waals surface area contributed by atoms with Gasteiger partial charge in [0.05, 0.1) is 18.0 Å². The fraction of sp³-hybridized carbons (Fsp3) is 0.171. The minimum absolute atomic E-state index is 0.108. The summed E-state index contributed by atoms with van der Waals surface area (Å²) in [5, 5.41) is 8.55. The maximum Gasteiger partial charge on any atom is 0.272 e. The number of amides is 3. The first-order valence-corrected chi connectivity index (χ1v) is 15.3. The number of hydrogen-bond acceptors (Lipinski definition) is 5. The summed E-state index contributed by atoms with van der Waals surface area (Å²) in [6.07, 6.45) is 1.65. The normalized spacial score (nSPS) is 11.9. The lowest BCUT2D eigenvalue weighted by molar-refractivity contribution is -0.115. The number of benzene rings is 4. The number of ether oxygens (including phenoxy) is 1. The molecule has 0 aliphatic heterocycles. The Hall–Kier alpha value is -4.53. The zero-order chi connectivity index (χ0) is 31.6. The number of hydrogen-bond donors (Lipinski definition) is 3. The van der Waals surface area contributed by atoms with Crippen LogP contribution >= 0.6 is 23.4 Å². The van der Waals surface area contributed by atoms with Crippen molar-refractivity contribution in [3.8, 4) is 5.75 Å². The molecular formula is C35H34ClN3O4S. The van der Waals surface area contributed by atoms with Crippen LogP contribution < -0.4 is 20.7 Å². The Morgan fingerprint density at radius 1 is 0.841 bits per heavy atom. The molecule has 0 aliphatic carbocycles. The van der Waals surface area contributed by atoms with Gasteiger partial charge < -0.3 is 20.7 Å². The quantitative estimate of drug-likeness (QED) is 0.116. The van der Waals surface area contributed by atoms with Crippen molar-refractivity contribution >= 4 is 58.5 Å². The molecule has 0 bridgehead atoms. The molecule has 0 aromatic heterocycles. The molecule has 9 heteroatoms. The van der Waals surface area contributed by atoms with Gasteiger partial charge in [-0.3, -0.25) is 14.4 Å². The molecule has 4 aromatic carbocycles. The topological polar surface area (TPSA) is 96.5 Å². The van der Waals surface area contributed by atoms with E-state index in [2.05, 4.69) is 29.8 Å². The second-order valence-corrected chi connectivity index (χ2v) is 12.1. The number of methoxy groups -OCH3 is 1. The summed E-state index contributed by atoms with van der Waals surface area (Å²) in [7, 11) is 1.53. The Morgan fingerprint density at radius 2 is 1.52 bits per heavy atom. The van der Waals surface area contributed by atoms with E-state index in [-0.39, 0.29) is 17.5 Å². The van der Waals surface area contributed by atoms with Crippen LogP contribution in [0.4, 0.5) is 11.4 Å². The van der Waals surface area contributed by atoms with Crippen LogP contribution in [0.2, 0.25) is 5.02 Å².